The number of nitro groups is 1. The first-order valence-electron chi connectivity index (χ1n) is 3.75. The average Bonchev–Trinajstić information content (AvgIpc) is 2.15. The number of hydrogen-bond acceptors (Lipinski definition) is 3. The zero-order valence-electron chi connectivity index (χ0n) is 7.49. The Hall–Kier alpha value is -1.88. The van der Waals surface area contributed by atoms with Crippen LogP contribution in [0.15, 0.2) is 30.3 Å². The molecule has 0 saturated carbocycles. The number of rotatable bonds is 3. The Morgan fingerprint density at radius 1 is 1.33 bits per heavy atom. The van der Waals surface area contributed by atoms with E-state index in [0.717, 1.165) is 6.08 Å². The van der Waals surface area contributed by atoms with Gasteiger partial charge in [0.25, 0.3) is 5.69 Å². The molecular formula is C9H8ClNO4. The van der Waals surface area contributed by atoms with Crippen LogP contribution in [0.2, 0.25) is 0 Å². The first kappa shape index (κ1) is 13.1. The van der Waals surface area contributed by atoms with Gasteiger partial charge < -0.3 is 5.11 Å². The number of carboxylic acids is 1. The van der Waals surface area contributed by atoms with Crippen LogP contribution < -0.4 is 0 Å². The van der Waals surface area contributed by atoms with Gasteiger partial charge in [-0.15, -0.1) is 12.4 Å². The molecule has 0 aliphatic heterocycles. The van der Waals surface area contributed by atoms with Gasteiger partial charge >= 0.3 is 5.97 Å². The summed E-state index contributed by atoms with van der Waals surface area (Å²) in [5, 5.41) is 18.6. The van der Waals surface area contributed by atoms with Crippen molar-refractivity contribution in [2.24, 2.45) is 0 Å². The molecule has 0 atom stereocenters. The number of benzene rings is 1. The fourth-order valence-corrected chi connectivity index (χ4v) is 0.875. The van der Waals surface area contributed by atoms with Gasteiger partial charge in [0.05, 0.1) is 4.92 Å². The number of halogens is 1. The molecule has 6 heteroatoms. The summed E-state index contributed by atoms with van der Waals surface area (Å²) < 4.78 is 0. The maximum atomic E-state index is 10.3. The van der Waals surface area contributed by atoms with Crippen molar-refractivity contribution in [2.75, 3.05) is 0 Å². The normalized spacial score (nSPS) is 9.60. The molecule has 5 nitrogen and oxygen atoms in total. The fraction of sp³-hybridized carbons (Fsp3) is 0. The topological polar surface area (TPSA) is 80.4 Å². The zero-order chi connectivity index (χ0) is 10.6. The molecule has 1 rings (SSSR count). The second-order valence-electron chi connectivity index (χ2n) is 2.52. The number of hydrogen-bond donors (Lipinski definition) is 1. The van der Waals surface area contributed by atoms with Gasteiger partial charge in [-0.25, -0.2) is 4.79 Å². The van der Waals surface area contributed by atoms with Gasteiger partial charge in [-0.2, -0.15) is 0 Å². The molecule has 0 aliphatic carbocycles. The van der Waals surface area contributed by atoms with E-state index in [2.05, 4.69) is 0 Å². The minimum atomic E-state index is -1.05. The highest BCUT2D eigenvalue weighted by molar-refractivity contribution is 5.85. The Bertz CT molecular complexity index is 386. The quantitative estimate of drug-likeness (QED) is 0.489. The van der Waals surface area contributed by atoms with Gasteiger partial charge in [0.15, 0.2) is 0 Å². The summed E-state index contributed by atoms with van der Waals surface area (Å²) >= 11 is 0. The molecule has 0 radical (unpaired) electrons. The van der Waals surface area contributed by atoms with Gasteiger partial charge in [-0.05, 0) is 23.8 Å². The monoisotopic (exact) mass is 229 g/mol. The summed E-state index contributed by atoms with van der Waals surface area (Å²) in [5.74, 6) is -1.05. The molecule has 0 heterocycles. The molecule has 0 aliphatic rings. The first-order chi connectivity index (χ1) is 6.59. The Labute approximate surface area is 91.6 Å². The van der Waals surface area contributed by atoms with Crippen LogP contribution in [0.5, 0.6) is 0 Å². The van der Waals surface area contributed by atoms with E-state index in [9.17, 15) is 14.9 Å². The van der Waals surface area contributed by atoms with E-state index < -0.39 is 10.9 Å². The third-order valence-electron chi connectivity index (χ3n) is 1.52. The summed E-state index contributed by atoms with van der Waals surface area (Å²) in [6.45, 7) is 0. The molecule has 1 aromatic rings. The van der Waals surface area contributed by atoms with Crippen LogP contribution in [0.3, 0.4) is 0 Å². The standard InChI is InChI=1S/C9H7NO4.ClH/c11-9(12)6-3-7-1-4-8(5-2-7)10(13)14;/h1-6H,(H,11,12);1H. The summed E-state index contributed by atoms with van der Waals surface area (Å²) in [7, 11) is 0. The zero-order valence-corrected chi connectivity index (χ0v) is 8.31. The maximum Gasteiger partial charge on any atom is 0.328 e. The summed E-state index contributed by atoms with van der Waals surface area (Å²) in [5.41, 5.74) is 0.593. The van der Waals surface area contributed by atoms with Crippen molar-refractivity contribution in [1.29, 1.82) is 0 Å². The predicted molar refractivity (Wildman–Crippen MR) is 57.0 cm³/mol. The van der Waals surface area contributed by atoms with E-state index in [1.165, 1.54) is 30.3 Å². The largest absolute Gasteiger partial charge is 0.478 e. The lowest BCUT2D eigenvalue weighted by molar-refractivity contribution is -0.384. The summed E-state index contributed by atoms with van der Waals surface area (Å²) in [6, 6.07) is 5.61. The number of nitrogens with zero attached hydrogens (tertiary/aromatic N) is 1. The van der Waals surface area contributed by atoms with Crippen molar-refractivity contribution in [1.82, 2.24) is 0 Å². The predicted octanol–water partition coefficient (Wildman–Crippen LogP) is 2.11. The summed E-state index contributed by atoms with van der Waals surface area (Å²) in [4.78, 5) is 19.9. The van der Waals surface area contributed by atoms with Gasteiger partial charge in [-0.1, -0.05) is 0 Å². The number of carboxylic acid groups (broad SMARTS) is 1. The highest BCUT2D eigenvalue weighted by Crippen LogP contribution is 2.12. The van der Waals surface area contributed by atoms with Gasteiger partial charge in [0.1, 0.15) is 0 Å². The highest BCUT2D eigenvalue weighted by Gasteiger charge is 2.02. The molecule has 0 spiro atoms. The molecule has 0 fully saturated rings. The lowest BCUT2D eigenvalue weighted by Crippen LogP contribution is -1.88. The van der Waals surface area contributed by atoms with Gasteiger partial charge in [-0.3, -0.25) is 10.1 Å². The lowest BCUT2D eigenvalue weighted by atomic mass is 10.2. The van der Waals surface area contributed by atoms with Crippen molar-refractivity contribution >= 4 is 30.1 Å². The van der Waals surface area contributed by atoms with Crippen LogP contribution >= 0.6 is 12.4 Å². The van der Waals surface area contributed by atoms with Crippen molar-refractivity contribution < 1.29 is 14.8 Å². The van der Waals surface area contributed by atoms with Gasteiger partial charge in [0, 0.05) is 18.2 Å². The second-order valence-corrected chi connectivity index (χ2v) is 2.52. The average molecular weight is 230 g/mol. The van der Waals surface area contributed by atoms with Crippen LogP contribution in [0.25, 0.3) is 6.08 Å². The van der Waals surface area contributed by atoms with Gasteiger partial charge in [0.2, 0.25) is 0 Å². The van der Waals surface area contributed by atoms with Crippen molar-refractivity contribution in [3.8, 4) is 0 Å². The van der Waals surface area contributed by atoms with E-state index in [1.54, 1.807) is 0 Å². The number of aliphatic carboxylic acids is 1. The van der Waals surface area contributed by atoms with Crippen LogP contribution in [0.4, 0.5) is 5.69 Å². The Kier molecular flexibility index (Phi) is 5.04. The minimum Gasteiger partial charge on any atom is -0.478 e. The van der Waals surface area contributed by atoms with Crippen LogP contribution in [-0.4, -0.2) is 16.0 Å². The third kappa shape index (κ3) is 4.24. The summed E-state index contributed by atoms with van der Waals surface area (Å²) in [6.07, 6.45) is 2.34. The molecule has 0 aromatic heterocycles. The highest BCUT2D eigenvalue weighted by atomic mass is 35.5. The van der Waals surface area contributed by atoms with E-state index in [4.69, 9.17) is 5.11 Å². The lowest BCUT2D eigenvalue weighted by Gasteiger charge is -1.92. The first-order valence-corrected chi connectivity index (χ1v) is 3.75. The Balaban J connectivity index is 0.00000196. The second kappa shape index (κ2) is 5.77. The van der Waals surface area contributed by atoms with E-state index in [0.29, 0.717) is 5.56 Å². The molecule has 0 amide bonds. The Morgan fingerprint density at radius 2 is 1.87 bits per heavy atom. The molecule has 0 unspecified atom stereocenters. The molecule has 0 saturated heterocycles. The van der Waals surface area contributed by atoms with Crippen molar-refractivity contribution in [3.05, 3.63) is 46.0 Å². The van der Waals surface area contributed by atoms with Crippen LogP contribution in [0.1, 0.15) is 5.56 Å². The molecule has 1 aromatic carbocycles. The number of non-ortho nitro benzene ring substituents is 1. The Morgan fingerprint density at radius 3 is 2.27 bits per heavy atom. The fourth-order valence-electron chi connectivity index (χ4n) is 0.875. The van der Waals surface area contributed by atoms with Crippen LogP contribution in [-0.2, 0) is 4.79 Å². The van der Waals surface area contributed by atoms with Crippen LogP contribution in [0, 0.1) is 10.1 Å². The molecule has 15 heavy (non-hydrogen) atoms. The van der Waals surface area contributed by atoms with E-state index in [-0.39, 0.29) is 18.1 Å². The van der Waals surface area contributed by atoms with E-state index >= 15 is 0 Å². The molecular weight excluding hydrogens is 222 g/mol. The molecule has 80 valence electrons. The molecule has 0 bridgehead atoms. The third-order valence-corrected chi connectivity index (χ3v) is 1.52. The maximum absolute atomic E-state index is 10.3. The van der Waals surface area contributed by atoms with Crippen molar-refractivity contribution in [2.45, 2.75) is 0 Å². The van der Waals surface area contributed by atoms with E-state index in [1.807, 2.05) is 0 Å². The SMILES string of the molecule is Cl.O=C(O)C=Cc1ccc([N+](=O)[O-])cc1. The number of carbonyl (C=O) groups is 1. The number of nitro benzene ring substituents is 1. The minimum absolute atomic E-state index is 0. The smallest absolute Gasteiger partial charge is 0.328 e. The van der Waals surface area contributed by atoms with Crippen molar-refractivity contribution in [3.63, 3.8) is 0 Å². The molecule has 1 N–H and O–H groups in total.